The number of ether oxygens (including phenoxy) is 1. The van der Waals surface area contributed by atoms with Crippen LogP contribution in [-0.4, -0.2) is 14.2 Å². The first-order valence-corrected chi connectivity index (χ1v) is 4.86. The van der Waals surface area contributed by atoms with Crippen molar-refractivity contribution in [3.63, 3.8) is 0 Å². The van der Waals surface area contributed by atoms with Crippen LogP contribution in [0.2, 0.25) is 0 Å². The van der Waals surface area contributed by atoms with Crippen molar-refractivity contribution in [1.82, 2.24) is 5.32 Å². The van der Waals surface area contributed by atoms with E-state index in [1.54, 1.807) is 6.07 Å². The number of rotatable bonds is 3. The van der Waals surface area contributed by atoms with Crippen LogP contribution in [0.5, 0.6) is 5.75 Å². The molecule has 1 aromatic rings. The second kappa shape index (κ2) is 3.45. The summed E-state index contributed by atoms with van der Waals surface area (Å²) < 4.78 is 31.3. The van der Waals surface area contributed by atoms with Crippen molar-refractivity contribution < 1.29 is 13.5 Å². The molecule has 0 heterocycles. The highest BCUT2D eigenvalue weighted by molar-refractivity contribution is 5.44. The van der Waals surface area contributed by atoms with Gasteiger partial charge in [0.05, 0.1) is 7.11 Å². The first kappa shape index (κ1) is 10.4. The third kappa shape index (κ3) is 1.49. The summed E-state index contributed by atoms with van der Waals surface area (Å²) in [6.45, 7) is 0. The number of hydrogen-bond donors (Lipinski definition) is 1. The molecule has 15 heavy (non-hydrogen) atoms. The van der Waals surface area contributed by atoms with Gasteiger partial charge in [0, 0.05) is 11.1 Å². The van der Waals surface area contributed by atoms with E-state index in [9.17, 15) is 8.78 Å². The summed E-state index contributed by atoms with van der Waals surface area (Å²) in [5.41, 5.74) is 0.478. The zero-order chi connectivity index (χ0) is 11.1. The van der Waals surface area contributed by atoms with Crippen molar-refractivity contribution in [2.75, 3.05) is 14.2 Å². The highest BCUT2D eigenvalue weighted by Crippen LogP contribution is 2.49. The largest absolute Gasteiger partial charge is 0.493 e. The molecule has 1 saturated carbocycles. The molecule has 4 heteroatoms. The van der Waals surface area contributed by atoms with Crippen LogP contribution in [0.25, 0.3) is 0 Å². The normalized spacial score (nSPS) is 17.6. The summed E-state index contributed by atoms with van der Waals surface area (Å²) in [5.74, 6) is -1.76. The van der Waals surface area contributed by atoms with Crippen molar-refractivity contribution >= 4 is 0 Å². The van der Waals surface area contributed by atoms with Gasteiger partial charge in [0.25, 0.3) is 0 Å². The van der Waals surface area contributed by atoms with Gasteiger partial charge in [0.1, 0.15) is 0 Å². The Morgan fingerprint density at radius 3 is 2.47 bits per heavy atom. The van der Waals surface area contributed by atoms with Crippen LogP contribution >= 0.6 is 0 Å². The Hall–Kier alpha value is -1.16. The quantitative estimate of drug-likeness (QED) is 0.831. The lowest BCUT2D eigenvalue weighted by Crippen LogP contribution is -2.25. The Labute approximate surface area is 87.2 Å². The molecule has 0 amide bonds. The van der Waals surface area contributed by atoms with Crippen LogP contribution in [0.15, 0.2) is 12.1 Å². The fourth-order valence-electron chi connectivity index (χ4n) is 1.89. The van der Waals surface area contributed by atoms with E-state index in [0.717, 1.165) is 18.9 Å². The highest BCUT2D eigenvalue weighted by Gasteiger charge is 2.45. The van der Waals surface area contributed by atoms with Gasteiger partial charge in [-0.1, -0.05) is 6.07 Å². The fourth-order valence-corrected chi connectivity index (χ4v) is 1.89. The monoisotopic (exact) mass is 213 g/mol. The minimum absolute atomic E-state index is 0.0156. The van der Waals surface area contributed by atoms with Crippen LogP contribution in [0.4, 0.5) is 8.78 Å². The molecule has 0 unspecified atom stereocenters. The molecule has 1 fully saturated rings. The van der Waals surface area contributed by atoms with Crippen LogP contribution in [0.1, 0.15) is 18.4 Å². The van der Waals surface area contributed by atoms with E-state index in [-0.39, 0.29) is 11.3 Å². The first-order valence-electron chi connectivity index (χ1n) is 4.86. The van der Waals surface area contributed by atoms with Gasteiger partial charge in [-0.2, -0.15) is 4.39 Å². The number of halogens is 2. The van der Waals surface area contributed by atoms with Crippen molar-refractivity contribution in [1.29, 1.82) is 0 Å². The second-order valence-corrected chi connectivity index (χ2v) is 3.77. The van der Waals surface area contributed by atoms with Crippen LogP contribution < -0.4 is 10.1 Å². The smallest absolute Gasteiger partial charge is 0.200 e. The van der Waals surface area contributed by atoms with E-state index in [0.29, 0.717) is 5.56 Å². The van der Waals surface area contributed by atoms with E-state index in [4.69, 9.17) is 4.74 Å². The summed E-state index contributed by atoms with van der Waals surface area (Å²) in [6.07, 6.45) is 1.84. The minimum atomic E-state index is -0.906. The highest BCUT2D eigenvalue weighted by atomic mass is 19.2. The molecule has 2 nitrogen and oxygen atoms in total. The van der Waals surface area contributed by atoms with Gasteiger partial charge >= 0.3 is 0 Å². The molecule has 1 aromatic carbocycles. The summed E-state index contributed by atoms with van der Waals surface area (Å²) in [6, 6.07) is 2.73. The van der Waals surface area contributed by atoms with Crippen molar-refractivity contribution in [2.24, 2.45) is 0 Å². The molecule has 82 valence electrons. The molecule has 1 aliphatic carbocycles. The number of hydrogen-bond acceptors (Lipinski definition) is 2. The molecule has 0 radical (unpaired) electrons. The Morgan fingerprint density at radius 1 is 1.33 bits per heavy atom. The fraction of sp³-hybridized carbons (Fsp3) is 0.455. The number of benzene rings is 1. The van der Waals surface area contributed by atoms with E-state index >= 15 is 0 Å². The van der Waals surface area contributed by atoms with E-state index in [1.165, 1.54) is 7.11 Å². The Kier molecular flexibility index (Phi) is 2.38. The molecule has 0 spiro atoms. The zero-order valence-corrected chi connectivity index (χ0v) is 8.73. The number of methoxy groups -OCH3 is 1. The van der Waals surface area contributed by atoms with Gasteiger partial charge in [-0.3, -0.25) is 0 Å². The van der Waals surface area contributed by atoms with Gasteiger partial charge in [-0.15, -0.1) is 0 Å². The van der Waals surface area contributed by atoms with Gasteiger partial charge < -0.3 is 10.1 Å². The first-order chi connectivity index (χ1) is 7.14. The molecule has 0 aromatic heterocycles. The molecule has 0 aliphatic heterocycles. The lowest BCUT2D eigenvalue weighted by atomic mass is 10.0. The van der Waals surface area contributed by atoms with Crippen molar-refractivity contribution in [3.05, 3.63) is 29.3 Å². The SMILES string of the molecule is CNC1(c2ccc(F)c(F)c2OC)CC1. The number of nitrogens with one attached hydrogen (secondary N) is 1. The van der Waals surface area contributed by atoms with Crippen LogP contribution in [0.3, 0.4) is 0 Å². The lowest BCUT2D eigenvalue weighted by Gasteiger charge is -2.18. The zero-order valence-electron chi connectivity index (χ0n) is 8.73. The molecular weight excluding hydrogens is 200 g/mol. The standard InChI is InChI=1S/C11H13F2NO/c1-14-11(5-6-11)7-3-4-8(12)9(13)10(7)15-2/h3-4,14H,5-6H2,1-2H3. The minimum Gasteiger partial charge on any atom is -0.493 e. The third-order valence-corrected chi connectivity index (χ3v) is 3.00. The van der Waals surface area contributed by atoms with E-state index in [2.05, 4.69) is 5.32 Å². The molecule has 1 aliphatic rings. The van der Waals surface area contributed by atoms with Gasteiger partial charge in [-0.25, -0.2) is 4.39 Å². The summed E-state index contributed by atoms with van der Waals surface area (Å²) in [7, 11) is 3.17. The van der Waals surface area contributed by atoms with E-state index in [1.807, 2.05) is 7.05 Å². The Morgan fingerprint density at radius 2 is 2.00 bits per heavy atom. The van der Waals surface area contributed by atoms with Crippen molar-refractivity contribution in [3.8, 4) is 5.75 Å². The summed E-state index contributed by atoms with van der Waals surface area (Å²) >= 11 is 0. The van der Waals surface area contributed by atoms with E-state index < -0.39 is 11.6 Å². The van der Waals surface area contributed by atoms with Crippen LogP contribution in [0, 0.1) is 11.6 Å². The maximum Gasteiger partial charge on any atom is 0.200 e. The third-order valence-electron chi connectivity index (χ3n) is 3.00. The predicted octanol–water partition coefficient (Wildman–Crippen LogP) is 2.18. The predicted molar refractivity (Wildman–Crippen MR) is 52.9 cm³/mol. The molecular formula is C11H13F2NO. The molecule has 0 bridgehead atoms. The Bertz CT molecular complexity index is 388. The molecule has 1 N–H and O–H groups in total. The molecule has 2 rings (SSSR count). The van der Waals surface area contributed by atoms with Crippen LogP contribution in [-0.2, 0) is 5.54 Å². The van der Waals surface area contributed by atoms with Gasteiger partial charge in [0.2, 0.25) is 5.82 Å². The summed E-state index contributed by atoms with van der Waals surface area (Å²) in [5, 5.41) is 3.12. The van der Waals surface area contributed by atoms with Crippen molar-refractivity contribution in [2.45, 2.75) is 18.4 Å². The molecule has 0 atom stereocenters. The van der Waals surface area contributed by atoms with Gasteiger partial charge in [0.15, 0.2) is 11.6 Å². The van der Waals surface area contributed by atoms with Gasteiger partial charge in [-0.05, 0) is 26.0 Å². The topological polar surface area (TPSA) is 21.3 Å². The maximum atomic E-state index is 13.4. The average Bonchev–Trinajstić information content (AvgIpc) is 3.02. The second-order valence-electron chi connectivity index (χ2n) is 3.77. The summed E-state index contributed by atoms with van der Waals surface area (Å²) in [4.78, 5) is 0. The molecule has 0 saturated heterocycles. The Balaban J connectivity index is 2.52. The average molecular weight is 213 g/mol. The maximum absolute atomic E-state index is 13.4. The lowest BCUT2D eigenvalue weighted by molar-refractivity contribution is 0.358.